The molecule has 1 unspecified atom stereocenters. The lowest BCUT2D eigenvalue weighted by Crippen LogP contribution is -2.26. The van der Waals surface area contributed by atoms with Gasteiger partial charge in [-0.3, -0.25) is 0 Å². The minimum Gasteiger partial charge on any atom is -0.475 e. The van der Waals surface area contributed by atoms with Crippen molar-refractivity contribution in [2.75, 3.05) is 13.2 Å². The minimum absolute atomic E-state index is 0.00582. The van der Waals surface area contributed by atoms with E-state index in [0.717, 1.165) is 25.0 Å². The fourth-order valence-corrected chi connectivity index (χ4v) is 1.90. The average Bonchev–Trinajstić information content (AvgIpc) is 2.38. The van der Waals surface area contributed by atoms with Crippen molar-refractivity contribution < 1.29 is 9.47 Å². The first-order chi connectivity index (χ1) is 8.25. The van der Waals surface area contributed by atoms with Crippen LogP contribution < -0.4 is 10.5 Å². The zero-order valence-electron chi connectivity index (χ0n) is 10.3. The molecule has 2 rings (SSSR count). The molecule has 0 aromatic carbocycles. The summed E-state index contributed by atoms with van der Waals surface area (Å²) in [6, 6.07) is 3.81. The summed E-state index contributed by atoms with van der Waals surface area (Å²) in [5.41, 5.74) is 6.85. The minimum atomic E-state index is 0.00582. The normalized spacial score (nSPS) is 22.1. The van der Waals surface area contributed by atoms with E-state index in [4.69, 9.17) is 15.2 Å². The van der Waals surface area contributed by atoms with Crippen molar-refractivity contribution in [3.8, 4) is 5.88 Å². The van der Waals surface area contributed by atoms with Crippen LogP contribution in [0.2, 0.25) is 0 Å². The molecule has 17 heavy (non-hydrogen) atoms. The average molecular weight is 236 g/mol. The van der Waals surface area contributed by atoms with Gasteiger partial charge in [0.1, 0.15) is 6.61 Å². The van der Waals surface area contributed by atoms with Gasteiger partial charge in [0.2, 0.25) is 5.88 Å². The van der Waals surface area contributed by atoms with Crippen LogP contribution >= 0.6 is 0 Å². The van der Waals surface area contributed by atoms with Gasteiger partial charge in [-0.05, 0) is 37.8 Å². The Bertz CT molecular complexity index is 349. The van der Waals surface area contributed by atoms with Crippen LogP contribution in [0, 0.1) is 0 Å². The number of ether oxygens (including phenoxy) is 2. The van der Waals surface area contributed by atoms with E-state index in [1.165, 1.54) is 6.42 Å². The first-order valence-corrected chi connectivity index (χ1v) is 6.21. The molecule has 4 nitrogen and oxygen atoms in total. The Morgan fingerprint density at radius 1 is 1.59 bits per heavy atom. The van der Waals surface area contributed by atoms with Crippen LogP contribution in [0.1, 0.15) is 37.8 Å². The summed E-state index contributed by atoms with van der Waals surface area (Å²) < 4.78 is 11.2. The Hall–Kier alpha value is -1.13. The Kier molecular flexibility index (Phi) is 4.34. The molecule has 2 N–H and O–H groups in total. The summed E-state index contributed by atoms with van der Waals surface area (Å²) in [4.78, 5) is 4.17. The maximum Gasteiger partial charge on any atom is 0.213 e. The Morgan fingerprint density at radius 2 is 2.47 bits per heavy atom. The van der Waals surface area contributed by atoms with Crippen LogP contribution in [0.5, 0.6) is 5.88 Å². The summed E-state index contributed by atoms with van der Waals surface area (Å²) in [6.07, 6.45) is 5.41. The third kappa shape index (κ3) is 3.68. The number of hydrogen-bond donors (Lipinski definition) is 1. The molecule has 0 aliphatic carbocycles. The van der Waals surface area contributed by atoms with Crippen LogP contribution in [0.15, 0.2) is 18.3 Å². The zero-order valence-corrected chi connectivity index (χ0v) is 10.3. The maximum atomic E-state index is 5.81. The SMILES string of the molecule is C[C@@H](N)c1ccnc(OCC2CCCCO2)c1. The van der Waals surface area contributed by atoms with Gasteiger partial charge in [-0.15, -0.1) is 0 Å². The smallest absolute Gasteiger partial charge is 0.213 e. The van der Waals surface area contributed by atoms with E-state index in [0.29, 0.717) is 12.5 Å². The van der Waals surface area contributed by atoms with Gasteiger partial charge in [-0.1, -0.05) is 0 Å². The van der Waals surface area contributed by atoms with Crippen LogP contribution in [0.4, 0.5) is 0 Å². The molecule has 94 valence electrons. The van der Waals surface area contributed by atoms with Crippen molar-refractivity contribution in [2.24, 2.45) is 5.73 Å². The van der Waals surface area contributed by atoms with Crippen molar-refractivity contribution in [3.05, 3.63) is 23.9 Å². The molecule has 0 spiro atoms. The summed E-state index contributed by atoms with van der Waals surface area (Å²) in [6.45, 7) is 3.38. The van der Waals surface area contributed by atoms with E-state index in [1.54, 1.807) is 6.20 Å². The fourth-order valence-electron chi connectivity index (χ4n) is 1.90. The van der Waals surface area contributed by atoms with Gasteiger partial charge in [0.05, 0.1) is 6.10 Å². The number of nitrogens with zero attached hydrogens (tertiary/aromatic N) is 1. The molecule has 0 amide bonds. The molecule has 4 heteroatoms. The second-order valence-electron chi connectivity index (χ2n) is 4.52. The predicted molar refractivity (Wildman–Crippen MR) is 65.9 cm³/mol. The number of rotatable bonds is 4. The molecule has 1 fully saturated rings. The summed E-state index contributed by atoms with van der Waals surface area (Å²) >= 11 is 0. The monoisotopic (exact) mass is 236 g/mol. The van der Waals surface area contributed by atoms with Crippen LogP contribution in [0.25, 0.3) is 0 Å². The molecular weight excluding hydrogens is 216 g/mol. The van der Waals surface area contributed by atoms with Crippen molar-refractivity contribution in [1.82, 2.24) is 4.98 Å². The van der Waals surface area contributed by atoms with Gasteiger partial charge >= 0.3 is 0 Å². The van der Waals surface area contributed by atoms with E-state index in [1.807, 2.05) is 19.1 Å². The molecule has 1 saturated heterocycles. The summed E-state index contributed by atoms with van der Waals surface area (Å²) in [5.74, 6) is 0.633. The highest BCUT2D eigenvalue weighted by atomic mass is 16.5. The maximum absolute atomic E-state index is 5.81. The molecule has 1 aromatic rings. The fraction of sp³-hybridized carbons (Fsp3) is 0.615. The Morgan fingerprint density at radius 3 is 3.18 bits per heavy atom. The highest BCUT2D eigenvalue weighted by Gasteiger charge is 2.14. The second kappa shape index (κ2) is 5.98. The lowest BCUT2D eigenvalue weighted by Gasteiger charge is -2.22. The molecule has 1 aromatic heterocycles. The molecule has 0 bridgehead atoms. The lowest BCUT2D eigenvalue weighted by atomic mass is 10.1. The van der Waals surface area contributed by atoms with E-state index in [2.05, 4.69) is 4.98 Å². The molecule has 1 aliphatic heterocycles. The Labute approximate surface area is 102 Å². The molecule has 0 radical (unpaired) electrons. The second-order valence-corrected chi connectivity index (χ2v) is 4.52. The topological polar surface area (TPSA) is 57.4 Å². The van der Waals surface area contributed by atoms with Crippen LogP contribution in [-0.4, -0.2) is 24.3 Å². The predicted octanol–water partition coefficient (Wildman–Crippen LogP) is 2.05. The highest BCUT2D eigenvalue weighted by molar-refractivity contribution is 5.22. The van der Waals surface area contributed by atoms with Gasteiger partial charge in [-0.25, -0.2) is 4.98 Å². The quantitative estimate of drug-likeness (QED) is 0.869. The molecular formula is C13H20N2O2. The van der Waals surface area contributed by atoms with E-state index in [9.17, 15) is 0 Å². The van der Waals surface area contributed by atoms with Gasteiger partial charge in [0.25, 0.3) is 0 Å². The molecule has 0 saturated carbocycles. The molecule has 2 heterocycles. The number of nitrogens with two attached hydrogens (primary N) is 1. The number of aromatic nitrogens is 1. The molecule has 2 atom stereocenters. The number of hydrogen-bond acceptors (Lipinski definition) is 4. The van der Waals surface area contributed by atoms with Crippen molar-refractivity contribution in [1.29, 1.82) is 0 Å². The number of pyridine rings is 1. The van der Waals surface area contributed by atoms with Crippen LogP contribution in [-0.2, 0) is 4.74 Å². The lowest BCUT2D eigenvalue weighted by molar-refractivity contribution is -0.0119. The third-order valence-corrected chi connectivity index (χ3v) is 2.98. The first kappa shape index (κ1) is 12.3. The van der Waals surface area contributed by atoms with Gasteiger partial charge in [0.15, 0.2) is 0 Å². The zero-order chi connectivity index (χ0) is 12.1. The standard InChI is InChI=1S/C13H20N2O2/c1-10(14)11-5-6-15-13(8-11)17-9-12-4-2-3-7-16-12/h5-6,8,10,12H,2-4,7,9,14H2,1H3/t10-,12?/m1/s1. The van der Waals surface area contributed by atoms with Crippen molar-refractivity contribution in [3.63, 3.8) is 0 Å². The summed E-state index contributed by atoms with van der Waals surface area (Å²) in [7, 11) is 0. The van der Waals surface area contributed by atoms with Crippen molar-refractivity contribution >= 4 is 0 Å². The third-order valence-electron chi connectivity index (χ3n) is 2.98. The van der Waals surface area contributed by atoms with E-state index < -0.39 is 0 Å². The van der Waals surface area contributed by atoms with Gasteiger partial charge in [-0.2, -0.15) is 0 Å². The van der Waals surface area contributed by atoms with E-state index >= 15 is 0 Å². The van der Waals surface area contributed by atoms with Gasteiger partial charge in [0, 0.05) is 24.9 Å². The van der Waals surface area contributed by atoms with E-state index in [-0.39, 0.29) is 12.1 Å². The Balaban J connectivity index is 1.87. The van der Waals surface area contributed by atoms with Crippen molar-refractivity contribution in [2.45, 2.75) is 38.3 Å². The largest absolute Gasteiger partial charge is 0.475 e. The first-order valence-electron chi connectivity index (χ1n) is 6.21. The molecule has 1 aliphatic rings. The summed E-state index contributed by atoms with van der Waals surface area (Å²) in [5, 5.41) is 0. The van der Waals surface area contributed by atoms with Crippen LogP contribution in [0.3, 0.4) is 0 Å². The highest BCUT2D eigenvalue weighted by Crippen LogP contribution is 2.17. The van der Waals surface area contributed by atoms with Gasteiger partial charge < -0.3 is 15.2 Å².